The maximum absolute atomic E-state index is 13.3. The number of H-pyrrole nitrogens is 1. The van der Waals surface area contributed by atoms with Crippen LogP contribution in [-0.2, 0) is 13.1 Å². The van der Waals surface area contributed by atoms with E-state index in [0.29, 0.717) is 6.04 Å². The number of nitrogens with one attached hydrogen (secondary N) is 1. The number of para-hydroxylation sites is 1. The average Bonchev–Trinajstić information content (AvgIpc) is 3.21. The summed E-state index contributed by atoms with van der Waals surface area (Å²) in [4.78, 5) is 12.2. The maximum Gasteiger partial charge on any atom is 0.212 e. The third-order valence-electron chi connectivity index (χ3n) is 6.47. The first-order valence-corrected chi connectivity index (χ1v) is 12.2. The first kappa shape index (κ1) is 24.4. The summed E-state index contributed by atoms with van der Waals surface area (Å²) in [7, 11) is 2.27. The molecule has 0 aliphatic carbocycles. The minimum Gasteiger partial charge on any atom is -0.361 e. The van der Waals surface area contributed by atoms with Gasteiger partial charge in [0.25, 0.3) is 0 Å². The Hall–Kier alpha value is -2.24. The van der Waals surface area contributed by atoms with Crippen LogP contribution >= 0.6 is 0 Å². The van der Waals surface area contributed by atoms with Gasteiger partial charge in [-0.05, 0) is 69.1 Å². The van der Waals surface area contributed by atoms with Gasteiger partial charge >= 0.3 is 0 Å². The van der Waals surface area contributed by atoms with Crippen molar-refractivity contribution in [3.05, 3.63) is 65.9 Å². The molecule has 4 nitrogen and oxygen atoms in total. The highest BCUT2D eigenvalue weighted by Gasteiger charge is 2.13. The monoisotopic (exact) mass is 438 g/mol. The standard InChI is InChI=1S/C27H39FN4/c1-4-11-24(5-2)31(3)16-9-6-10-17-32(20-22-14-15-27(28)30-18-22)21-23-19-29-26-13-8-7-12-25(23)26/h7-8,12-15,18-19,24,29H,4-6,9-11,16-17,20-21H2,1-3H3. The van der Waals surface area contributed by atoms with E-state index in [0.717, 1.165) is 31.6 Å². The van der Waals surface area contributed by atoms with Crippen LogP contribution in [0.1, 0.15) is 63.5 Å². The fraction of sp³-hybridized carbons (Fsp3) is 0.519. The second-order valence-electron chi connectivity index (χ2n) is 8.95. The molecule has 174 valence electrons. The van der Waals surface area contributed by atoms with Gasteiger partial charge in [0.2, 0.25) is 5.95 Å². The SMILES string of the molecule is CCCC(CC)N(C)CCCCCN(Cc1ccc(F)nc1)Cc1c[nH]c2ccccc12. The molecule has 32 heavy (non-hydrogen) atoms. The number of hydrogen-bond donors (Lipinski definition) is 1. The maximum atomic E-state index is 13.3. The molecule has 1 aromatic carbocycles. The van der Waals surface area contributed by atoms with Crippen molar-refractivity contribution in [1.29, 1.82) is 0 Å². The Morgan fingerprint density at radius 2 is 1.81 bits per heavy atom. The van der Waals surface area contributed by atoms with Crippen LogP contribution in [-0.4, -0.2) is 45.9 Å². The van der Waals surface area contributed by atoms with Crippen LogP contribution in [0.3, 0.4) is 0 Å². The fourth-order valence-corrected chi connectivity index (χ4v) is 4.60. The third kappa shape index (κ3) is 7.14. The molecule has 0 aliphatic heterocycles. The van der Waals surface area contributed by atoms with Crippen LogP contribution in [0.25, 0.3) is 10.9 Å². The van der Waals surface area contributed by atoms with E-state index in [1.807, 2.05) is 6.07 Å². The van der Waals surface area contributed by atoms with E-state index in [1.165, 1.54) is 61.2 Å². The molecule has 1 unspecified atom stereocenters. The molecule has 0 spiro atoms. The van der Waals surface area contributed by atoms with Crippen LogP contribution in [0.2, 0.25) is 0 Å². The number of fused-ring (bicyclic) bond motifs is 1. The Bertz CT molecular complexity index is 921. The van der Waals surface area contributed by atoms with Crippen molar-refractivity contribution in [2.75, 3.05) is 20.1 Å². The van der Waals surface area contributed by atoms with Gasteiger partial charge in [-0.15, -0.1) is 0 Å². The van der Waals surface area contributed by atoms with Gasteiger partial charge in [0, 0.05) is 42.4 Å². The first-order chi connectivity index (χ1) is 15.6. The summed E-state index contributed by atoms with van der Waals surface area (Å²) >= 11 is 0. The predicted octanol–water partition coefficient (Wildman–Crippen LogP) is 6.39. The Kier molecular flexibility index (Phi) is 9.69. The number of unbranched alkanes of at least 4 members (excludes halogenated alkanes) is 2. The second kappa shape index (κ2) is 12.7. The van der Waals surface area contributed by atoms with Crippen molar-refractivity contribution in [1.82, 2.24) is 19.8 Å². The lowest BCUT2D eigenvalue weighted by atomic mass is 10.1. The quantitative estimate of drug-likeness (QED) is 0.234. The zero-order chi connectivity index (χ0) is 22.8. The van der Waals surface area contributed by atoms with Gasteiger partial charge in [-0.2, -0.15) is 4.39 Å². The van der Waals surface area contributed by atoms with Crippen molar-refractivity contribution in [3.8, 4) is 0 Å². The summed E-state index contributed by atoms with van der Waals surface area (Å²) in [5.41, 5.74) is 3.53. The van der Waals surface area contributed by atoms with Crippen molar-refractivity contribution >= 4 is 10.9 Å². The summed E-state index contributed by atoms with van der Waals surface area (Å²) in [6.45, 7) is 8.41. The van der Waals surface area contributed by atoms with Crippen molar-refractivity contribution in [3.63, 3.8) is 0 Å². The van der Waals surface area contributed by atoms with E-state index < -0.39 is 5.95 Å². The molecule has 1 N–H and O–H groups in total. The molecular formula is C27H39FN4. The molecule has 2 heterocycles. The summed E-state index contributed by atoms with van der Waals surface area (Å²) in [6.07, 6.45) is 11.2. The summed E-state index contributed by atoms with van der Waals surface area (Å²) in [5.74, 6) is -0.422. The molecule has 3 aromatic rings. The Morgan fingerprint density at radius 3 is 2.56 bits per heavy atom. The fourth-order valence-electron chi connectivity index (χ4n) is 4.60. The van der Waals surface area contributed by atoms with E-state index in [2.05, 4.69) is 71.1 Å². The lowest BCUT2D eigenvalue weighted by Gasteiger charge is -2.27. The zero-order valence-electron chi connectivity index (χ0n) is 20.0. The molecule has 0 amide bonds. The van der Waals surface area contributed by atoms with Gasteiger partial charge < -0.3 is 9.88 Å². The molecule has 0 radical (unpaired) electrons. The normalized spacial score (nSPS) is 12.8. The van der Waals surface area contributed by atoms with Gasteiger partial charge in [0.05, 0.1) is 0 Å². The Balaban J connectivity index is 1.55. The van der Waals surface area contributed by atoms with Crippen molar-refractivity contribution in [2.45, 2.75) is 71.5 Å². The topological polar surface area (TPSA) is 35.2 Å². The smallest absolute Gasteiger partial charge is 0.212 e. The van der Waals surface area contributed by atoms with E-state index in [-0.39, 0.29) is 0 Å². The molecule has 0 aliphatic rings. The largest absolute Gasteiger partial charge is 0.361 e. The molecule has 0 fully saturated rings. The molecule has 2 aromatic heterocycles. The number of halogens is 1. The zero-order valence-corrected chi connectivity index (χ0v) is 20.0. The van der Waals surface area contributed by atoms with E-state index >= 15 is 0 Å². The second-order valence-corrected chi connectivity index (χ2v) is 8.95. The Labute approximate surface area is 192 Å². The summed E-state index contributed by atoms with van der Waals surface area (Å²) in [5, 5.41) is 1.28. The molecule has 0 saturated carbocycles. The van der Waals surface area contributed by atoms with Gasteiger partial charge in [-0.1, -0.05) is 51.0 Å². The lowest BCUT2D eigenvalue weighted by Crippen LogP contribution is -2.32. The van der Waals surface area contributed by atoms with Crippen LogP contribution < -0.4 is 0 Å². The molecule has 5 heteroatoms. The van der Waals surface area contributed by atoms with E-state index in [4.69, 9.17) is 0 Å². The van der Waals surface area contributed by atoms with Crippen LogP contribution in [0.15, 0.2) is 48.8 Å². The first-order valence-electron chi connectivity index (χ1n) is 12.2. The number of rotatable bonds is 14. The molecule has 0 bridgehead atoms. The minimum absolute atomic E-state index is 0.422. The molecule has 0 saturated heterocycles. The highest BCUT2D eigenvalue weighted by molar-refractivity contribution is 5.82. The number of hydrogen-bond acceptors (Lipinski definition) is 3. The van der Waals surface area contributed by atoms with Crippen LogP contribution in [0.4, 0.5) is 4.39 Å². The van der Waals surface area contributed by atoms with Crippen LogP contribution in [0.5, 0.6) is 0 Å². The van der Waals surface area contributed by atoms with Crippen molar-refractivity contribution < 1.29 is 4.39 Å². The highest BCUT2D eigenvalue weighted by Crippen LogP contribution is 2.21. The number of aromatic nitrogens is 2. The number of nitrogens with zero attached hydrogens (tertiary/aromatic N) is 3. The van der Waals surface area contributed by atoms with Gasteiger partial charge in [0.15, 0.2) is 0 Å². The van der Waals surface area contributed by atoms with E-state index in [9.17, 15) is 4.39 Å². The minimum atomic E-state index is -0.422. The van der Waals surface area contributed by atoms with Crippen LogP contribution in [0, 0.1) is 5.95 Å². The predicted molar refractivity (Wildman–Crippen MR) is 132 cm³/mol. The number of benzene rings is 1. The Morgan fingerprint density at radius 1 is 1.00 bits per heavy atom. The van der Waals surface area contributed by atoms with Crippen molar-refractivity contribution in [2.24, 2.45) is 0 Å². The van der Waals surface area contributed by atoms with Gasteiger partial charge in [-0.25, -0.2) is 4.98 Å². The molecular weight excluding hydrogens is 399 g/mol. The highest BCUT2D eigenvalue weighted by atomic mass is 19.1. The summed E-state index contributed by atoms with van der Waals surface area (Å²) < 4.78 is 13.3. The van der Waals surface area contributed by atoms with Gasteiger partial charge in [-0.3, -0.25) is 4.90 Å². The van der Waals surface area contributed by atoms with Gasteiger partial charge in [0.1, 0.15) is 0 Å². The average molecular weight is 439 g/mol. The number of aromatic amines is 1. The number of pyridine rings is 1. The summed E-state index contributed by atoms with van der Waals surface area (Å²) in [6, 6.07) is 12.5. The lowest BCUT2D eigenvalue weighted by molar-refractivity contribution is 0.213. The third-order valence-corrected chi connectivity index (χ3v) is 6.47. The molecule has 1 atom stereocenters. The van der Waals surface area contributed by atoms with E-state index in [1.54, 1.807) is 6.20 Å². The molecule has 3 rings (SSSR count).